The lowest BCUT2D eigenvalue weighted by Crippen LogP contribution is -2.25. The zero-order chi connectivity index (χ0) is 19.9. The first-order valence-corrected chi connectivity index (χ1v) is 11.8. The highest BCUT2D eigenvalue weighted by atomic mass is 19.2. The Morgan fingerprint density at radius 3 is 1.89 bits per heavy atom. The van der Waals surface area contributed by atoms with E-state index in [1.54, 1.807) is 12.1 Å². The van der Waals surface area contributed by atoms with E-state index in [2.05, 4.69) is 6.92 Å². The van der Waals surface area contributed by atoms with Crippen LogP contribution in [0.3, 0.4) is 0 Å². The molecular weight excluding hydrogens is 350 g/mol. The van der Waals surface area contributed by atoms with Crippen LogP contribution < -0.4 is 0 Å². The molecule has 0 aromatic heterocycles. The zero-order valence-corrected chi connectivity index (χ0v) is 17.9. The van der Waals surface area contributed by atoms with Crippen LogP contribution in [0.2, 0.25) is 0 Å². The maximum atomic E-state index is 14.1. The third-order valence-electron chi connectivity index (χ3n) is 7.37. The second-order valence-electron chi connectivity index (χ2n) is 9.27. The van der Waals surface area contributed by atoms with E-state index in [-0.39, 0.29) is 6.42 Å². The maximum Gasteiger partial charge on any atom is 0.161 e. The molecule has 0 heterocycles. The van der Waals surface area contributed by atoms with Crippen molar-refractivity contribution in [2.75, 3.05) is 0 Å². The number of benzene rings is 1. The van der Waals surface area contributed by atoms with Crippen molar-refractivity contribution in [1.82, 2.24) is 0 Å². The maximum absolute atomic E-state index is 14.1. The Balaban J connectivity index is 1.51. The van der Waals surface area contributed by atoms with E-state index in [0.717, 1.165) is 17.8 Å². The smallest absolute Gasteiger partial charge is 0.161 e. The van der Waals surface area contributed by atoms with Crippen LogP contribution in [0.15, 0.2) is 30.1 Å². The summed E-state index contributed by atoms with van der Waals surface area (Å²) in [4.78, 5) is 0. The van der Waals surface area contributed by atoms with Gasteiger partial charge in [-0.05, 0) is 74.2 Å². The lowest BCUT2D eigenvalue weighted by molar-refractivity contribution is 0.156. The Kier molecular flexibility index (Phi) is 8.11. The molecule has 2 fully saturated rings. The molecule has 0 radical (unpaired) electrons. The molecule has 0 spiro atoms. The lowest BCUT2D eigenvalue weighted by Gasteiger charge is -2.38. The second kappa shape index (κ2) is 10.6. The largest absolute Gasteiger partial charge is 0.209 e. The molecule has 1 aromatic carbocycles. The third kappa shape index (κ3) is 5.45. The van der Waals surface area contributed by atoms with Crippen LogP contribution in [-0.2, 0) is 0 Å². The van der Waals surface area contributed by atoms with Gasteiger partial charge in [0, 0.05) is 12.0 Å². The normalized spacial score (nSPS) is 29.4. The Bertz CT molecular complexity index is 614. The highest BCUT2D eigenvalue weighted by molar-refractivity contribution is 5.61. The van der Waals surface area contributed by atoms with E-state index in [1.165, 1.54) is 69.8 Å². The zero-order valence-electron chi connectivity index (χ0n) is 17.9. The van der Waals surface area contributed by atoms with E-state index in [1.807, 2.05) is 19.1 Å². The Morgan fingerprint density at radius 2 is 1.36 bits per heavy atom. The van der Waals surface area contributed by atoms with E-state index < -0.39 is 11.7 Å². The van der Waals surface area contributed by atoms with Gasteiger partial charge in [0.2, 0.25) is 0 Å². The summed E-state index contributed by atoms with van der Waals surface area (Å²) in [7, 11) is 0. The Hall–Kier alpha value is -1.18. The first-order valence-electron chi connectivity index (χ1n) is 11.8. The van der Waals surface area contributed by atoms with Gasteiger partial charge in [-0.25, -0.2) is 8.78 Å². The van der Waals surface area contributed by atoms with E-state index in [0.29, 0.717) is 17.9 Å². The summed E-state index contributed by atoms with van der Waals surface area (Å²) in [6, 6.07) is 7.58. The molecule has 0 unspecified atom stereocenters. The minimum absolute atomic E-state index is 0.179. The predicted octanol–water partition coefficient (Wildman–Crippen LogP) is 8.97. The molecule has 3 rings (SSSR count). The highest BCUT2D eigenvalue weighted by Crippen LogP contribution is 2.44. The molecule has 2 heteroatoms. The number of rotatable bonds is 7. The molecule has 0 saturated heterocycles. The molecule has 2 aliphatic rings. The molecule has 0 aliphatic heterocycles. The number of hydrogen-bond acceptors (Lipinski definition) is 0. The van der Waals surface area contributed by atoms with E-state index >= 15 is 0 Å². The first kappa shape index (κ1) is 21.5. The van der Waals surface area contributed by atoms with Crippen LogP contribution in [0.25, 0.3) is 5.83 Å². The van der Waals surface area contributed by atoms with E-state index in [4.69, 9.17) is 0 Å². The minimum atomic E-state index is -0.684. The topological polar surface area (TPSA) is 0 Å². The summed E-state index contributed by atoms with van der Waals surface area (Å²) in [6.45, 7) is 4.18. The van der Waals surface area contributed by atoms with Crippen molar-refractivity contribution in [2.24, 2.45) is 17.8 Å². The predicted molar refractivity (Wildman–Crippen MR) is 116 cm³/mol. The molecule has 0 amide bonds. The molecule has 156 valence electrons. The second-order valence-corrected chi connectivity index (χ2v) is 9.27. The number of hydrogen-bond donors (Lipinski definition) is 0. The van der Waals surface area contributed by atoms with Crippen molar-refractivity contribution in [1.29, 1.82) is 0 Å². The van der Waals surface area contributed by atoms with Gasteiger partial charge in [0.05, 0.1) is 0 Å². The van der Waals surface area contributed by atoms with Crippen molar-refractivity contribution in [2.45, 2.75) is 96.8 Å². The van der Waals surface area contributed by atoms with Gasteiger partial charge in [-0.2, -0.15) is 0 Å². The van der Waals surface area contributed by atoms with E-state index in [9.17, 15) is 8.78 Å². The standard InChI is InChI=1S/C26H38F2/c1-3-5-19-7-9-20(10-8-19)21-11-13-22(14-12-21)23-15-17-24(18-16-23)26(28)25(27)6-4-2/h15-22H,3-14H2,1-2H3/b26-25+/t19-,20-,21?,22?. The molecule has 2 saturated carbocycles. The van der Waals surface area contributed by atoms with Crippen LogP contribution in [0, 0.1) is 17.8 Å². The fourth-order valence-corrected chi connectivity index (χ4v) is 5.67. The third-order valence-corrected chi connectivity index (χ3v) is 7.37. The van der Waals surface area contributed by atoms with Crippen molar-refractivity contribution in [3.05, 3.63) is 41.2 Å². The fraction of sp³-hybridized carbons (Fsp3) is 0.692. The number of halogens is 2. The van der Waals surface area contributed by atoms with Gasteiger partial charge in [0.1, 0.15) is 5.83 Å². The lowest BCUT2D eigenvalue weighted by atomic mass is 9.68. The van der Waals surface area contributed by atoms with Crippen LogP contribution >= 0.6 is 0 Å². The monoisotopic (exact) mass is 388 g/mol. The Morgan fingerprint density at radius 1 is 0.786 bits per heavy atom. The first-order chi connectivity index (χ1) is 13.6. The summed E-state index contributed by atoms with van der Waals surface area (Å²) in [5, 5.41) is 0. The summed E-state index contributed by atoms with van der Waals surface area (Å²) >= 11 is 0. The SMILES string of the molecule is CCC/C(F)=C(\F)c1ccc(C2CCC([C@H]3CC[C@H](CCC)CC3)CC2)cc1. The summed E-state index contributed by atoms with van der Waals surface area (Å²) in [5.41, 5.74) is 1.68. The quantitative estimate of drug-likeness (QED) is 0.437. The molecular formula is C26H38F2. The molecule has 2 aliphatic carbocycles. The Labute approximate surface area is 170 Å². The van der Waals surface area contributed by atoms with Gasteiger partial charge in [0.25, 0.3) is 0 Å². The van der Waals surface area contributed by atoms with Gasteiger partial charge in [-0.3, -0.25) is 0 Å². The molecule has 28 heavy (non-hydrogen) atoms. The minimum Gasteiger partial charge on any atom is -0.209 e. The molecule has 0 bridgehead atoms. The summed E-state index contributed by atoms with van der Waals surface area (Å²) in [6.07, 6.45) is 14.6. The van der Waals surface area contributed by atoms with Gasteiger partial charge in [-0.15, -0.1) is 0 Å². The molecule has 0 nitrogen and oxygen atoms in total. The van der Waals surface area contributed by atoms with Crippen LogP contribution in [0.4, 0.5) is 8.78 Å². The van der Waals surface area contributed by atoms with Crippen molar-refractivity contribution >= 4 is 5.83 Å². The molecule has 1 aromatic rings. The van der Waals surface area contributed by atoms with Gasteiger partial charge in [-0.1, -0.05) is 63.8 Å². The fourth-order valence-electron chi connectivity index (χ4n) is 5.67. The van der Waals surface area contributed by atoms with Gasteiger partial charge >= 0.3 is 0 Å². The van der Waals surface area contributed by atoms with Crippen LogP contribution in [0.1, 0.15) is 108 Å². The van der Waals surface area contributed by atoms with Crippen LogP contribution in [-0.4, -0.2) is 0 Å². The number of allylic oxidation sites excluding steroid dienone is 1. The van der Waals surface area contributed by atoms with Crippen molar-refractivity contribution in [3.8, 4) is 0 Å². The average molecular weight is 389 g/mol. The van der Waals surface area contributed by atoms with Crippen molar-refractivity contribution < 1.29 is 8.78 Å². The van der Waals surface area contributed by atoms with Gasteiger partial charge in [0.15, 0.2) is 5.83 Å². The summed E-state index contributed by atoms with van der Waals surface area (Å²) in [5.74, 6) is 2.15. The highest BCUT2D eigenvalue weighted by Gasteiger charge is 2.31. The van der Waals surface area contributed by atoms with Gasteiger partial charge < -0.3 is 0 Å². The summed E-state index contributed by atoms with van der Waals surface area (Å²) < 4.78 is 27.9. The van der Waals surface area contributed by atoms with Crippen molar-refractivity contribution in [3.63, 3.8) is 0 Å². The molecule has 0 atom stereocenters. The molecule has 0 N–H and O–H groups in total. The van der Waals surface area contributed by atoms with Crippen LogP contribution in [0.5, 0.6) is 0 Å². The average Bonchev–Trinajstić information content (AvgIpc) is 2.74.